The largest absolute Gasteiger partial charge is 0.459 e. The number of hydrogen-bond acceptors (Lipinski definition) is 12. The number of cyclic esters (lactones) is 2. The smallest absolute Gasteiger partial charge is 0.311 e. The maximum absolute atomic E-state index is 14.5. The van der Waals surface area contributed by atoms with Gasteiger partial charge in [-0.15, -0.1) is 0 Å². The lowest BCUT2D eigenvalue weighted by Gasteiger charge is -2.48. The molecule has 3 aliphatic heterocycles. The average molecular weight is 1000 g/mol. The van der Waals surface area contributed by atoms with Gasteiger partial charge in [0.25, 0.3) is 0 Å². The Hall–Kier alpha value is -4.04. The van der Waals surface area contributed by atoms with E-state index < -0.39 is 82.8 Å². The molecule has 0 aliphatic carbocycles. The Morgan fingerprint density at radius 2 is 0.806 bits per heavy atom. The fraction of sp³-hybridized carbons (Fsp3) is 0.667. The first kappa shape index (κ1) is 58.8. The summed E-state index contributed by atoms with van der Waals surface area (Å²) in [5, 5.41) is 0. The van der Waals surface area contributed by atoms with Crippen LogP contribution in [0, 0.1) is 47.3 Å². The van der Waals surface area contributed by atoms with Crippen LogP contribution in [0.3, 0.4) is 0 Å². The van der Waals surface area contributed by atoms with E-state index in [9.17, 15) is 19.2 Å². The van der Waals surface area contributed by atoms with Crippen LogP contribution in [0.2, 0.25) is 0 Å². The van der Waals surface area contributed by atoms with Gasteiger partial charge in [0.1, 0.15) is 23.4 Å². The lowest BCUT2D eigenvalue weighted by molar-refractivity contribution is -0.334. The van der Waals surface area contributed by atoms with Crippen molar-refractivity contribution in [1.82, 2.24) is 0 Å². The molecule has 12 nitrogen and oxygen atoms in total. The zero-order valence-corrected chi connectivity index (χ0v) is 46.3. The summed E-state index contributed by atoms with van der Waals surface area (Å²) in [6.07, 6.45) is 4.99. The minimum atomic E-state index is -1.19. The normalized spacial score (nSPS) is 38.6. The van der Waals surface area contributed by atoms with Crippen molar-refractivity contribution >= 4 is 23.5 Å². The summed E-state index contributed by atoms with van der Waals surface area (Å²) in [5.41, 5.74) is -0.520. The second kappa shape index (κ2) is 25.0. The van der Waals surface area contributed by atoms with Crippen LogP contribution >= 0.6 is 0 Å². The van der Waals surface area contributed by atoms with E-state index in [0.29, 0.717) is 25.7 Å². The van der Waals surface area contributed by atoms with Gasteiger partial charge in [0.05, 0.1) is 49.5 Å². The third kappa shape index (κ3) is 15.1. The highest BCUT2D eigenvalue weighted by atomic mass is 16.7. The van der Waals surface area contributed by atoms with Gasteiger partial charge in [-0.3, -0.25) is 19.2 Å². The molecule has 2 aromatic rings. The molecule has 3 aliphatic rings. The predicted molar refractivity (Wildman–Crippen MR) is 278 cm³/mol. The van der Waals surface area contributed by atoms with Gasteiger partial charge < -0.3 is 37.9 Å². The fourth-order valence-corrected chi connectivity index (χ4v) is 11.1. The Morgan fingerprint density at radius 1 is 0.486 bits per heavy atom. The first-order valence-corrected chi connectivity index (χ1v) is 26.7. The van der Waals surface area contributed by atoms with Gasteiger partial charge in [-0.2, -0.15) is 0 Å². The second-order valence-corrected chi connectivity index (χ2v) is 22.7. The summed E-state index contributed by atoms with van der Waals surface area (Å²) in [4.78, 5) is 57.3. The van der Waals surface area contributed by atoms with Crippen LogP contribution in [0.5, 0.6) is 0 Å². The zero-order chi connectivity index (χ0) is 53.3. The molecule has 3 heterocycles. The molecular formula is C60H88O12. The van der Waals surface area contributed by atoms with Crippen LogP contribution in [-0.2, 0) is 70.3 Å². The number of carbonyl (C=O) groups excluding carboxylic acids is 4. The monoisotopic (exact) mass is 1000 g/mol. The number of esters is 2. The Kier molecular flexibility index (Phi) is 20.4. The third-order valence-electron chi connectivity index (χ3n) is 15.5. The molecule has 2 aromatic carbocycles. The van der Waals surface area contributed by atoms with Crippen molar-refractivity contribution in [1.29, 1.82) is 0 Å². The molecule has 4 bridgehead atoms. The number of fused-ring (bicyclic) bond motifs is 4. The van der Waals surface area contributed by atoms with Crippen molar-refractivity contribution < 1.29 is 57.1 Å². The molecule has 2 saturated heterocycles. The lowest BCUT2D eigenvalue weighted by atomic mass is 9.79. The number of hydrogen-bond donors (Lipinski definition) is 0. The molecule has 400 valence electrons. The van der Waals surface area contributed by atoms with Crippen LogP contribution in [0.1, 0.15) is 148 Å². The van der Waals surface area contributed by atoms with E-state index in [1.807, 2.05) is 158 Å². The van der Waals surface area contributed by atoms with Crippen LogP contribution in [0.25, 0.3) is 0 Å². The molecule has 0 radical (unpaired) electrons. The maximum Gasteiger partial charge on any atom is 0.311 e. The molecule has 5 rings (SSSR count). The molecule has 16 atom stereocenters. The number of allylic oxidation sites excluding steroid dienone is 2. The minimum Gasteiger partial charge on any atom is -0.459 e. The summed E-state index contributed by atoms with van der Waals surface area (Å²) >= 11 is 0. The predicted octanol–water partition coefficient (Wildman–Crippen LogP) is 11.8. The number of ketones is 2. The zero-order valence-electron chi connectivity index (χ0n) is 46.3. The molecule has 2 fully saturated rings. The van der Waals surface area contributed by atoms with E-state index in [0.717, 1.165) is 11.1 Å². The first-order valence-electron chi connectivity index (χ1n) is 26.7. The van der Waals surface area contributed by atoms with Crippen LogP contribution in [0.4, 0.5) is 0 Å². The van der Waals surface area contributed by atoms with E-state index in [4.69, 9.17) is 37.9 Å². The third-order valence-corrected chi connectivity index (χ3v) is 15.5. The van der Waals surface area contributed by atoms with Gasteiger partial charge in [-0.1, -0.05) is 116 Å². The van der Waals surface area contributed by atoms with Crippen molar-refractivity contribution in [2.24, 2.45) is 47.3 Å². The van der Waals surface area contributed by atoms with Crippen molar-refractivity contribution in [3.63, 3.8) is 0 Å². The molecule has 0 aromatic heterocycles. The minimum absolute atomic E-state index is 0.105. The van der Waals surface area contributed by atoms with Gasteiger partial charge >= 0.3 is 11.9 Å². The number of carbonyl (C=O) groups is 4. The quantitative estimate of drug-likeness (QED) is 0.232. The Balaban J connectivity index is 1.54. The molecule has 0 saturated carbocycles. The van der Waals surface area contributed by atoms with Crippen LogP contribution < -0.4 is 0 Å². The van der Waals surface area contributed by atoms with Crippen LogP contribution in [0.15, 0.2) is 85.0 Å². The van der Waals surface area contributed by atoms with Crippen molar-refractivity contribution in [3.8, 4) is 0 Å². The fourth-order valence-electron chi connectivity index (χ4n) is 11.1. The number of ether oxygens (including phenoxy) is 8. The number of rotatable bonds is 8. The molecule has 72 heavy (non-hydrogen) atoms. The summed E-state index contributed by atoms with van der Waals surface area (Å²) < 4.78 is 52.5. The first-order chi connectivity index (χ1) is 33.7. The van der Waals surface area contributed by atoms with E-state index >= 15 is 0 Å². The molecular weight excluding hydrogens is 913 g/mol. The highest BCUT2D eigenvalue weighted by molar-refractivity contribution is 5.92. The molecule has 0 spiro atoms. The molecule has 12 heteroatoms. The Labute approximate surface area is 431 Å². The standard InChI is InChI=1S/C60H88O12/c1-17-49-59(15,65-35-45-25-21-19-22-26-45)31-29-47(61)37(3)33-39(5)52-42(8)54(72-58(13,14)70-52)44(10)56(64)68-50(18-2)60(16,66-36-46-27-23-20-24-28-46)32-30-48(62)38(4)34-40(6)51-41(7)53(43(9)55(63)67-49)71-57(11,12)69-51/h19-32,37-44,49-54H,17-18,33-36H2,1-16H3/b31-29+,32-30+/t37-,38-,39+,40+,41-,42-,43-,44-,49-,50-,51+,52+,53+,54+,59+,60+/m1/s1. The van der Waals surface area contributed by atoms with E-state index in [1.165, 1.54) is 0 Å². The summed E-state index contributed by atoms with van der Waals surface area (Å²) in [6.45, 7) is 31.1. The van der Waals surface area contributed by atoms with Crippen LogP contribution in [-0.4, -0.2) is 82.9 Å². The topological polar surface area (TPSA) is 142 Å². The van der Waals surface area contributed by atoms with Gasteiger partial charge in [0.15, 0.2) is 23.1 Å². The Morgan fingerprint density at radius 3 is 1.12 bits per heavy atom. The van der Waals surface area contributed by atoms with Gasteiger partial charge in [-0.25, -0.2) is 0 Å². The summed E-state index contributed by atoms with van der Waals surface area (Å²) in [6, 6.07) is 19.5. The second-order valence-electron chi connectivity index (χ2n) is 22.7. The molecule has 0 amide bonds. The maximum atomic E-state index is 14.5. The van der Waals surface area contributed by atoms with Gasteiger partial charge in [0, 0.05) is 23.7 Å². The Bertz CT molecular complexity index is 2000. The highest BCUT2D eigenvalue weighted by Crippen LogP contribution is 2.42. The lowest BCUT2D eigenvalue weighted by Crippen LogP contribution is -2.56. The van der Waals surface area contributed by atoms with Gasteiger partial charge in [0.2, 0.25) is 0 Å². The summed E-state index contributed by atoms with van der Waals surface area (Å²) in [5.74, 6) is -6.20. The van der Waals surface area contributed by atoms with E-state index in [1.54, 1.807) is 24.3 Å². The van der Waals surface area contributed by atoms with Crippen molar-refractivity contribution in [2.45, 2.75) is 209 Å². The number of benzene rings is 2. The molecule has 0 N–H and O–H groups in total. The van der Waals surface area contributed by atoms with E-state index in [-0.39, 0.29) is 60.7 Å². The van der Waals surface area contributed by atoms with Crippen molar-refractivity contribution in [2.75, 3.05) is 0 Å². The van der Waals surface area contributed by atoms with Crippen molar-refractivity contribution in [3.05, 3.63) is 96.1 Å². The average Bonchev–Trinajstić information content (AvgIpc) is 3.35. The van der Waals surface area contributed by atoms with Gasteiger partial charge in [-0.05, 0) is 128 Å². The molecule has 0 unspecified atom stereocenters. The highest BCUT2D eigenvalue weighted by Gasteiger charge is 2.50. The van der Waals surface area contributed by atoms with E-state index in [2.05, 4.69) is 13.8 Å². The SMILES string of the molecule is CC[C@H]1OC(=O)[C@H](C)[C@H]2OC(C)(C)O[C@H]([C@H]2C)[C@@H](C)C[C@@H](C)C(=O)/C=C/[C@](C)(OCc2ccccc2)[C@@H](CC)OC(=O)[C@H](C)[C@H]2OC(C)(C)O[C@H]([C@H]2C)[C@@H](C)C[C@@H](C)C(=O)/C=C/[C@]1(C)OCc1ccccc1. The summed E-state index contributed by atoms with van der Waals surface area (Å²) in [7, 11) is 0.